The second kappa shape index (κ2) is 7.09. The van der Waals surface area contributed by atoms with Crippen LogP contribution in [0, 0.1) is 0 Å². The summed E-state index contributed by atoms with van der Waals surface area (Å²) in [5.74, 6) is 0.832. The van der Waals surface area contributed by atoms with Gasteiger partial charge >= 0.3 is 0 Å². The first-order chi connectivity index (χ1) is 10.1. The molecule has 0 aliphatic rings. The standard InChI is InChI=1S/C16H22BrN3O/c1-4-14-16(17)15(20(5-2)19-14)10-21-13-8-6-7-12(9-13)11(3)18/h6-9,11H,4-5,10,18H2,1-3H3. The zero-order valence-electron chi connectivity index (χ0n) is 12.8. The molecule has 1 heterocycles. The van der Waals surface area contributed by atoms with E-state index in [2.05, 4.69) is 34.9 Å². The number of aryl methyl sites for hydroxylation is 2. The summed E-state index contributed by atoms with van der Waals surface area (Å²) >= 11 is 3.63. The molecule has 2 rings (SSSR count). The van der Waals surface area contributed by atoms with Gasteiger partial charge in [0.25, 0.3) is 0 Å². The predicted molar refractivity (Wildman–Crippen MR) is 88.4 cm³/mol. The minimum absolute atomic E-state index is 0.00755. The van der Waals surface area contributed by atoms with Crippen LogP contribution in [0.3, 0.4) is 0 Å². The number of hydrogen-bond acceptors (Lipinski definition) is 3. The van der Waals surface area contributed by atoms with Gasteiger partial charge < -0.3 is 10.5 Å². The van der Waals surface area contributed by atoms with Crippen molar-refractivity contribution in [2.75, 3.05) is 0 Å². The van der Waals surface area contributed by atoms with Crippen LogP contribution in [0.2, 0.25) is 0 Å². The van der Waals surface area contributed by atoms with Crippen molar-refractivity contribution >= 4 is 15.9 Å². The molecule has 0 aliphatic heterocycles. The van der Waals surface area contributed by atoms with Crippen molar-refractivity contribution in [2.24, 2.45) is 5.73 Å². The Labute approximate surface area is 134 Å². The van der Waals surface area contributed by atoms with Crippen LogP contribution in [0.5, 0.6) is 5.75 Å². The van der Waals surface area contributed by atoms with Crippen LogP contribution in [0.25, 0.3) is 0 Å². The van der Waals surface area contributed by atoms with Crippen molar-refractivity contribution < 1.29 is 4.74 Å². The summed E-state index contributed by atoms with van der Waals surface area (Å²) in [7, 11) is 0. The number of nitrogens with two attached hydrogens (primary N) is 1. The third-order valence-corrected chi connectivity index (χ3v) is 4.37. The first-order valence-corrected chi connectivity index (χ1v) is 8.08. The van der Waals surface area contributed by atoms with Crippen molar-refractivity contribution in [3.63, 3.8) is 0 Å². The maximum Gasteiger partial charge on any atom is 0.131 e. The summed E-state index contributed by atoms with van der Waals surface area (Å²) in [6, 6.07) is 7.93. The SMILES string of the molecule is CCc1nn(CC)c(COc2cccc(C(C)N)c2)c1Br. The molecule has 4 nitrogen and oxygen atoms in total. The van der Waals surface area contributed by atoms with Crippen LogP contribution in [-0.4, -0.2) is 9.78 Å². The summed E-state index contributed by atoms with van der Waals surface area (Å²) in [5.41, 5.74) is 9.12. The van der Waals surface area contributed by atoms with E-state index in [1.165, 1.54) is 0 Å². The van der Waals surface area contributed by atoms with Gasteiger partial charge in [-0.3, -0.25) is 4.68 Å². The second-order valence-electron chi connectivity index (χ2n) is 5.03. The second-order valence-corrected chi connectivity index (χ2v) is 5.82. The van der Waals surface area contributed by atoms with E-state index in [1.807, 2.05) is 35.9 Å². The first kappa shape index (κ1) is 16.0. The lowest BCUT2D eigenvalue weighted by molar-refractivity contribution is 0.291. The topological polar surface area (TPSA) is 53.1 Å². The molecule has 5 heteroatoms. The summed E-state index contributed by atoms with van der Waals surface area (Å²) in [6.07, 6.45) is 0.904. The fourth-order valence-corrected chi connectivity index (χ4v) is 2.87. The smallest absolute Gasteiger partial charge is 0.131 e. The maximum atomic E-state index is 5.92. The van der Waals surface area contributed by atoms with E-state index in [0.29, 0.717) is 6.61 Å². The molecule has 0 aliphatic carbocycles. The van der Waals surface area contributed by atoms with Gasteiger partial charge in [-0.25, -0.2) is 0 Å². The Hall–Kier alpha value is -1.33. The Bertz CT molecular complexity index is 608. The highest BCUT2D eigenvalue weighted by Gasteiger charge is 2.14. The normalized spacial score (nSPS) is 12.4. The summed E-state index contributed by atoms with van der Waals surface area (Å²) in [6.45, 7) is 7.47. The van der Waals surface area contributed by atoms with E-state index in [9.17, 15) is 0 Å². The van der Waals surface area contributed by atoms with Gasteiger partial charge in [0.05, 0.1) is 15.9 Å². The van der Waals surface area contributed by atoms with Gasteiger partial charge in [0.2, 0.25) is 0 Å². The molecule has 1 aromatic heterocycles. The number of benzene rings is 1. The van der Waals surface area contributed by atoms with Crippen LogP contribution in [0.1, 0.15) is 43.8 Å². The molecule has 1 unspecified atom stereocenters. The summed E-state index contributed by atoms with van der Waals surface area (Å²) < 4.78 is 8.95. The lowest BCUT2D eigenvalue weighted by Gasteiger charge is -2.11. The third-order valence-electron chi connectivity index (χ3n) is 3.45. The van der Waals surface area contributed by atoms with Crippen LogP contribution in [0.15, 0.2) is 28.7 Å². The lowest BCUT2D eigenvalue weighted by atomic mass is 10.1. The molecule has 1 atom stereocenters. The van der Waals surface area contributed by atoms with Crippen molar-refractivity contribution in [2.45, 2.75) is 46.4 Å². The zero-order valence-corrected chi connectivity index (χ0v) is 14.4. The molecule has 0 saturated heterocycles. The highest BCUT2D eigenvalue weighted by atomic mass is 79.9. The zero-order chi connectivity index (χ0) is 15.4. The lowest BCUT2D eigenvalue weighted by Crippen LogP contribution is -2.08. The highest BCUT2D eigenvalue weighted by Crippen LogP contribution is 2.25. The Morgan fingerprint density at radius 3 is 2.76 bits per heavy atom. The molecular weight excluding hydrogens is 330 g/mol. The maximum absolute atomic E-state index is 5.92. The molecule has 0 saturated carbocycles. The van der Waals surface area contributed by atoms with Gasteiger partial charge in [0, 0.05) is 12.6 Å². The van der Waals surface area contributed by atoms with Crippen molar-refractivity contribution in [1.29, 1.82) is 0 Å². The Kier molecular flexibility index (Phi) is 5.42. The molecule has 21 heavy (non-hydrogen) atoms. The molecule has 1 aromatic carbocycles. The number of nitrogens with zero attached hydrogens (tertiary/aromatic N) is 2. The largest absolute Gasteiger partial charge is 0.487 e. The van der Waals surface area contributed by atoms with Gasteiger partial charge in [-0.05, 0) is 53.9 Å². The minimum Gasteiger partial charge on any atom is -0.487 e. The van der Waals surface area contributed by atoms with Gasteiger partial charge in [0.15, 0.2) is 0 Å². The van der Waals surface area contributed by atoms with E-state index >= 15 is 0 Å². The average molecular weight is 352 g/mol. The molecule has 0 spiro atoms. The molecule has 2 aromatic rings. The molecule has 0 bridgehead atoms. The van der Waals surface area contributed by atoms with Crippen molar-refractivity contribution in [3.8, 4) is 5.75 Å². The minimum atomic E-state index is 0.00755. The van der Waals surface area contributed by atoms with Gasteiger partial charge in [-0.2, -0.15) is 5.10 Å². The van der Waals surface area contributed by atoms with E-state index in [4.69, 9.17) is 10.5 Å². The Morgan fingerprint density at radius 1 is 1.38 bits per heavy atom. The van der Waals surface area contributed by atoms with E-state index in [1.54, 1.807) is 0 Å². The Balaban J connectivity index is 2.16. The number of ether oxygens (including phenoxy) is 1. The average Bonchev–Trinajstić information content (AvgIpc) is 2.81. The van der Waals surface area contributed by atoms with Crippen molar-refractivity contribution in [1.82, 2.24) is 9.78 Å². The van der Waals surface area contributed by atoms with Crippen LogP contribution in [0.4, 0.5) is 0 Å². The highest BCUT2D eigenvalue weighted by molar-refractivity contribution is 9.10. The van der Waals surface area contributed by atoms with Crippen molar-refractivity contribution in [3.05, 3.63) is 45.7 Å². The van der Waals surface area contributed by atoms with E-state index in [0.717, 1.165) is 40.1 Å². The summed E-state index contributed by atoms with van der Waals surface area (Å²) in [4.78, 5) is 0. The van der Waals surface area contributed by atoms with Crippen LogP contribution >= 0.6 is 15.9 Å². The number of aromatic nitrogens is 2. The van der Waals surface area contributed by atoms with Crippen LogP contribution < -0.4 is 10.5 Å². The fourth-order valence-electron chi connectivity index (χ4n) is 2.19. The van der Waals surface area contributed by atoms with Gasteiger partial charge in [0.1, 0.15) is 12.4 Å². The Morgan fingerprint density at radius 2 is 2.14 bits per heavy atom. The molecule has 0 amide bonds. The fraction of sp³-hybridized carbons (Fsp3) is 0.438. The molecular formula is C16H22BrN3O. The van der Waals surface area contributed by atoms with E-state index in [-0.39, 0.29) is 6.04 Å². The predicted octanol–water partition coefficient (Wildman–Crippen LogP) is 3.83. The molecule has 0 fully saturated rings. The number of rotatable bonds is 6. The van der Waals surface area contributed by atoms with E-state index < -0.39 is 0 Å². The molecule has 0 radical (unpaired) electrons. The molecule has 2 N–H and O–H groups in total. The number of halogens is 1. The number of hydrogen-bond donors (Lipinski definition) is 1. The quantitative estimate of drug-likeness (QED) is 0.860. The van der Waals surface area contributed by atoms with Gasteiger partial charge in [-0.15, -0.1) is 0 Å². The third kappa shape index (κ3) is 3.66. The first-order valence-electron chi connectivity index (χ1n) is 7.29. The van der Waals surface area contributed by atoms with Crippen LogP contribution in [-0.2, 0) is 19.6 Å². The van der Waals surface area contributed by atoms with Gasteiger partial charge in [-0.1, -0.05) is 19.1 Å². The monoisotopic (exact) mass is 351 g/mol. The summed E-state index contributed by atoms with van der Waals surface area (Å²) in [5, 5.41) is 4.57. The molecule has 114 valence electrons.